The average molecular weight is 367 g/mol. The number of rotatable bonds is 5. The van der Waals surface area contributed by atoms with Crippen LogP contribution in [0.1, 0.15) is 12.5 Å². The van der Waals surface area contributed by atoms with Gasteiger partial charge in [0.1, 0.15) is 12.1 Å². The van der Waals surface area contributed by atoms with Gasteiger partial charge in [-0.05, 0) is 5.56 Å². The van der Waals surface area contributed by atoms with Gasteiger partial charge in [0.05, 0.1) is 0 Å². The van der Waals surface area contributed by atoms with Crippen molar-refractivity contribution in [1.29, 1.82) is 0 Å². The van der Waals surface area contributed by atoms with E-state index >= 15 is 0 Å². The summed E-state index contributed by atoms with van der Waals surface area (Å²) in [5.41, 5.74) is 0.900. The minimum atomic E-state index is -0.167. The molecule has 0 aromatic carbocycles. The smallest absolute Gasteiger partial charge is 0.223 e. The van der Waals surface area contributed by atoms with E-state index in [0.717, 1.165) is 9.90 Å². The first kappa shape index (κ1) is 15.9. The van der Waals surface area contributed by atoms with Crippen LogP contribution in [-0.4, -0.2) is 30.6 Å². The zero-order valence-corrected chi connectivity index (χ0v) is 14.3. The predicted molar refractivity (Wildman–Crippen MR) is 90.1 cm³/mol. The van der Waals surface area contributed by atoms with Crippen LogP contribution in [-0.2, 0) is 10.5 Å². The number of thioether (sulfide) groups is 1. The Morgan fingerprint density at radius 1 is 1.48 bits per heavy atom. The first-order chi connectivity index (χ1) is 11.1. The van der Waals surface area contributed by atoms with Crippen molar-refractivity contribution in [3.05, 3.63) is 41.6 Å². The van der Waals surface area contributed by atoms with Gasteiger partial charge in [0.2, 0.25) is 11.0 Å². The van der Waals surface area contributed by atoms with Gasteiger partial charge in [-0.25, -0.2) is 9.97 Å². The molecule has 1 N–H and O–H groups in total. The number of hydrogen-bond donors (Lipinski definition) is 1. The van der Waals surface area contributed by atoms with E-state index in [-0.39, 0.29) is 5.91 Å². The number of carbonyl (C=O) groups is 1. The Bertz CT molecular complexity index is 820. The number of anilines is 1. The molecule has 0 radical (unpaired) electrons. The summed E-state index contributed by atoms with van der Waals surface area (Å²) in [4.78, 5) is 19.3. The highest BCUT2D eigenvalue weighted by molar-refractivity contribution is 8.00. The molecule has 0 spiro atoms. The Hall–Kier alpha value is -1.97. The van der Waals surface area contributed by atoms with Gasteiger partial charge in [0.25, 0.3) is 0 Å². The number of halogens is 1. The highest BCUT2D eigenvalue weighted by Crippen LogP contribution is 2.30. The molecule has 0 atom stereocenters. The largest absolute Gasteiger partial charge is 0.301 e. The third-order valence-electron chi connectivity index (χ3n) is 2.72. The van der Waals surface area contributed by atoms with Crippen LogP contribution in [0, 0.1) is 0 Å². The third-order valence-corrected chi connectivity index (χ3v) is 5.10. The lowest BCUT2D eigenvalue weighted by molar-refractivity contribution is -0.114. The molecule has 23 heavy (non-hydrogen) atoms. The second-order valence-electron chi connectivity index (χ2n) is 4.45. The van der Waals surface area contributed by atoms with Crippen LogP contribution in [0.4, 0.5) is 5.13 Å². The average Bonchev–Trinajstić information content (AvgIpc) is 3.17. The highest BCUT2D eigenvalue weighted by Gasteiger charge is 2.09. The molecule has 3 aromatic rings. The van der Waals surface area contributed by atoms with Crippen LogP contribution in [0.5, 0.6) is 0 Å². The van der Waals surface area contributed by atoms with E-state index in [2.05, 4.69) is 25.5 Å². The van der Waals surface area contributed by atoms with Crippen molar-refractivity contribution in [3.63, 3.8) is 0 Å². The molecule has 7 nitrogen and oxygen atoms in total. The first-order valence-corrected chi connectivity index (χ1v) is 8.66. The van der Waals surface area contributed by atoms with Crippen molar-refractivity contribution >= 4 is 45.7 Å². The lowest BCUT2D eigenvalue weighted by Crippen LogP contribution is -2.04. The third kappa shape index (κ3) is 4.06. The molecule has 0 aliphatic carbocycles. The maximum Gasteiger partial charge on any atom is 0.223 e. The summed E-state index contributed by atoms with van der Waals surface area (Å²) < 4.78 is 2.54. The fourth-order valence-electron chi connectivity index (χ4n) is 1.70. The van der Waals surface area contributed by atoms with Crippen LogP contribution in [0.3, 0.4) is 0 Å². The SMILES string of the molecule is CC(=O)Nc1nnc(SCc2cnc(-n3ccnc3)cc2Cl)s1. The Balaban J connectivity index is 1.66. The molecule has 3 aromatic heterocycles. The zero-order chi connectivity index (χ0) is 16.2. The molecule has 10 heteroatoms. The summed E-state index contributed by atoms with van der Waals surface area (Å²) in [6, 6.07) is 1.79. The second kappa shape index (κ2) is 7.07. The van der Waals surface area contributed by atoms with Crippen molar-refractivity contribution in [2.75, 3.05) is 5.32 Å². The molecule has 3 heterocycles. The summed E-state index contributed by atoms with van der Waals surface area (Å²) in [5, 5.41) is 11.6. The van der Waals surface area contributed by atoms with Gasteiger partial charge < -0.3 is 5.32 Å². The van der Waals surface area contributed by atoms with Gasteiger partial charge in [0, 0.05) is 42.4 Å². The molecule has 0 aliphatic heterocycles. The van der Waals surface area contributed by atoms with Crippen molar-refractivity contribution in [2.45, 2.75) is 17.0 Å². The summed E-state index contributed by atoms with van der Waals surface area (Å²) in [6.07, 6.45) is 6.89. The topological polar surface area (TPSA) is 85.6 Å². The number of nitrogens with zero attached hydrogens (tertiary/aromatic N) is 5. The predicted octanol–water partition coefficient (Wildman–Crippen LogP) is 3.02. The second-order valence-corrected chi connectivity index (χ2v) is 7.05. The fourth-order valence-corrected chi connectivity index (χ4v) is 3.77. The molecule has 0 fully saturated rings. The molecule has 1 amide bonds. The number of carbonyl (C=O) groups excluding carboxylic acids is 1. The molecule has 0 saturated carbocycles. The number of aromatic nitrogens is 5. The minimum Gasteiger partial charge on any atom is -0.301 e. The standard InChI is InChI=1S/C13H11ClN6OS2/c1-8(21)17-12-18-19-13(23-12)22-6-9-5-16-11(4-10(9)14)20-3-2-15-7-20/h2-5,7H,6H2,1H3,(H,17,18,21). The van der Waals surface area contributed by atoms with E-state index in [1.54, 1.807) is 35.6 Å². The van der Waals surface area contributed by atoms with Gasteiger partial charge in [-0.15, -0.1) is 10.2 Å². The Kier molecular flexibility index (Phi) is 4.89. The first-order valence-electron chi connectivity index (χ1n) is 6.48. The number of nitrogens with one attached hydrogen (secondary N) is 1. The van der Waals surface area contributed by atoms with Gasteiger partial charge in [-0.3, -0.25) is 9.36 Å². The maximum absolute atomic E-state index is 11.0. The quantitative estimate of drug-likeness (QED) is 0.551. The van der Waals surface area contributed by atoms with E-state index in [1.165, 1.54) is 30.0 Å². The van der Waals surface area contributed by atoms with Crippen LogP contribution in [0.15, 0.2) is 35.3 Å². The van der Waals surface area contributed by atoms with Crippen molar-refractivity contribution in [2.24, 2.45) is 0 Å². The van der Waals surface area contributed by atoms with Crippen LogP contribution in [0.2, 0.25) is 5.02 Å². The van der Waals surface area contributed by atoms with Crippen LogP contribution < -0.4 is 5.32 Å². The van der Waals surface area contributed by atoms with E-state index < -0.39 is 0 Å². The fraction of sp³-hybridized carbons (Fsp3) is 0.154. The van der Waals surface area contributed by atoms with Crippen LogP contribution in [0.25, 0.3) is 5.82 Å². The number of pyridine rings is 1. The van der Waals surface area contributed by atoms with Crippen molar-refractivity contribution in [1.82, 2.24) is 24.7 Å². The monoisotopic (exact) mass is 366 g/mol. The van der Waals surface area contributed by atoms with Gasteiger partial charge >= 0.3 is 0 Å². The summed E-state index contributed by atoms with van der Waals surface area (Å²) in [5.74, 6) is 1.16. The Labute approximate surface area is 145 Å². The Morgan fingerprint density at radius 3 is 3.04 bits per heavy atom. The van der Waals surface area contributed by atoms with E-state index in [1.807, 2.05) is 0 Å². The van der Waals surface area contributed by atoms with Crippen LogP contribution >= 0.6 is 34.7 Å². The molecule has 0 bridgehead atoms. The van der Waals surface area contributed by atoms with Crippen molar-refractivity contribution in [3.8, 4) is 5.82 Å². The highest BCUT2D eigenvalue weighted by atomic mass is 35.5. The van der Waals surface area contributed by atoms with Gasteiger partial charge in [-0.2, -0.15) is 0 Å². The molecule has 0 unspecified atom stereocenters. The number of amides is 1. The summed E-state index contributed by atoms with van der Waals surface area (Å²) >= 11 is 9.12. The Morgan fingerprint density at radius 2 is 2.35 bits per heavy atom. The molecular weight excluding hydrogens is 356 g/mol. The maximum atomic E-state index is 11.0. The molecule has 118 valence electrons. The lowest BCUT2D eigenvalue weighted by atomic mass is 10.3. The molecule has 0 saturated heterocycles. The van der Waals surface area contributed by atoms with Gasteiger partial charge in [0.15, 0.2) is 4.34 Å². The minimum absolute atomic E-state index is 0.167. The molecular formula is C13H11ClN6OS2. The molecule has 3 rings (SSSR count). The number of hydrogen-bond acceptors (Lipinski definition) is 7. The van der Waals surface area contributed by atoms with Crippen molar-refractivity contribution < 1.29 is 4.79 Å². The van der Waals surface area contributed by atoms with E-state index in [9.17, 15) is 4.79 Å². The lowest BCUT2D eigenvalue weighted by Gasteiger charge is -2.05. The van der Waals surface area contributed by atoms with E-state index in [0.29, 0.717) is 21.7 Å². The number of imidazole rings is 1. The summed E-state index contributed by atoms with van der Waals surface area (Å²) in [6.45, 7) is 1.43. The summed E-state index contributed by atoms with van der Waals surface area (Å²) in [7, 11) is 0. The normalized spacial score (nSPS) is 10.7. The van der Waals surface area contributed by atoms with E-state index in [4.69, 9.17) is 11.6 Å². The molecule has 0 aliphatic rings. The zero-order valence-electron chi connectivity index (χ0n) is 11.9. The van der Waals surface area contributed by atoms with Gasteiger partial charge in [-0.1, -0.05) is 34.7 Å².